The van der Waals surface area contributed by atoms with E-state index in [1.54, 1.807) is 12.1 Å². The normalized spacial score (nSPS) is 15.3. The second-order valence-electron chi connectivity index (χ2n) is 7.12. The van der Waals surface area contributed by atoms with Crippen LogP contribution in [0, 0.1) is 6.92 Å². The summed E-state index contributed by atoms with van der Waals surface area (Å²) in [5.74, 6) is 1.08. The average Bonchev–Trinajstić information content (AvgIpc) is 3.00. The lowest BCUT2D eigenvalue weighted by Crippen LogP contribution is -2.19. The molecule has 0 spiro atoms. The summed E-state index contributed by atoms with van der Waals surface area (Å²) in [6, 6.07) is 5.63. The van der Waals surface area contributed by atoms with Gasteiger partial charge < -0.3 is 15.5 Å². The van der Waals surface area contributed by atoms with Gasteiger partial charge in [0.1, 0.15) is 17.1 Å². The first-order valence-electron chi connectivity index (χ1n) is 9.60. The van der Waals surface area contributed by atoms with E-state index >= 15 is 0 Å². The molecule has 3 N–H and O–H groups in total. The lowest BCUT2D eigenvalue weighted by Gasteiger charge is -2.22. The second-order valence-corrected chi connectivity index (χ2v) is 7.12. The van der Waals surface area contributed by atoms with Crippen molar-refractivity contribution in [3.63, 3.8) is 0 Å². The summed E-state index contributed by atoms with van der Waals surface area (Å²) < 4.78 is 7.59. The average molecular weight is 367 g/mol. The zero-order valence-electron chi connectivity index (χ0n) is 15.8. The Morgan fingerprint density at radius 3 is 2.81 bits per heavy atom. The molecule has 4 rings (SSSR count). The Morgan fingerprint density at radius 2 is 2.07 bits per heavy atom. The fourth-order valence-corrected chi connectivity index (χ4v) is 3.92. The van der Waals surface area contributed by atoms with Crippen molar-refractivity contribution in [3.8, 4) is 17.1 Å². The molecule has 7 nitrogen and oxygen atoms in total. The minimum absolute atomic E-state index is 0.166. The van der Waals surface area contributed by atoms with Crippen LogP contribution in [0.15, 0.2) is 23.0 Å². The quantitative estimate of drug-likeness (QED) is 0.687. The number of ether oxygens (including phenoxy) is 1. The van der Waals surface area contributed by atoms with Gasteiger partial charge in [-0.25, -0.2) is 4.98 Å². The SMILES string of the molecule is CCOc1cc(N)ccc1-c1nc2c(C)nn(C3CCCCC3)c2c(=O)[nH]1. The van der Waals surface area contributed by atoms with Crippen molar-refractivity contribution in [1.29, 1.82) is 0 Å². The fourth-order valence-electron chi connectivity index (χ4n) is 3.92. The molecule has 7 heteroatoms. The van der Waals surface area contributed by atoms with Gasteiger partial charge in [0.2, 0.25) is 0 Å². The number of aromatic amines is 1. The van der Waals surface area contributed by atoms with Crippen LogP contribution in [0.5, 0.6) is 5.75 Å². The molecular formula is C20H25N5O2. The van der Waals surface area contributed by atoms with Crippen molar-refractivity contribution in [1.82, 2.24) is 19.7 Å². The van der Waals surface area contributed by atoms with E-state index in [0.717, 1.165) is 24.1 Å². The van der Waals surface area contributed by atoms with Crippen molar-refractivity contribution < 1.29 is 4.74 Å². The van der Waals surface area contributed by atoms with Gasteiger partial charge in [-0.1, -0.05) is 19.3 Å². The van der Waals surface area contributed by atoms with Crippen molar-refractivity contribution in [2.45, 2.75) is 52.0 Å². The molecule has 0 unspecified atom stereocenters. The number of nitrogens with zero attached hydrogens (tertiary/aromatic N) is 3. The zero-order chi connectivity index (χ0) is 19.0. The Hall–Kier alpha value is -2.83. The first kappa shape index (κ1) is 17.6. The minimum Gasteiger partial charge on any atom is -0.493 e. The summed E-state index contributed by atoms with van der Waals surface area (Å²) in [7, 11) is 0. The molecule has 0 radical (unpaired) electrons. The van der Waals surface area contributed by atoms with Crippen molar-refractivity contribution in [2.24, 2.45) is 0 Å². The molecule has 0 atom stereocenters. The minimum atomic E-state index is -0.166. The number of nitrogens with two attached hydrogens (primary N) is 1. The molecule has 142 valence electrons. The summed E-state index contributed by atoms with van der Waals surface area (Å²) in [6.45, 7) is 4.32. The van der Waals surface area contributed by atoms with Crippen LogP contribution in [0.3, 0.4) is 0 Å². The monoisotopic (exact) mass is 367 g/mol. The molecule has 27 heavy (non-hydrogen) atoms. The number of hydrogen-bond donors (Lipinski definition) is 2. The Balaban J connectivity index is 1.86. The Morgan fingerprint density at radius 1 is 1.30 bits per heavy atom. The molecule has 0 aliphatic heterocycles. The largest absolute Gasteiger partial charge is 0.493 e. The molecule has 1 fully saturated rings. The van der Waals surface area contributed by atoms with Crippen LogP contribution in [0.25, 0.3) is 22.4 Å². The lowest BCUT2D eigenvalue weighted by molar-refractivity contribution is 0.336. The van der Waals surface area contributed by atoms with Crippen molar-refractivity contribution in [2.75, 3.05) is 12.3 Å². The molecule has 2 aromatic heterocycles. The molecule has 1 saturated carbocycles. The molecule has 1 aliphatic rings. The van der Waals surface area contributed by atoms with Crippen LogP contribution >= 0.6 is 0 Å². The number of nitrogens with one attached hydrogen (secondary N) is 1. The van der Waals surface area contributed by atoms with E-state index in [9.17, 15) is 4.79 Å². The van der Waals surface area contributed by atoms with Gasteiger partial charge >= 0.3 is 0 Å². The number of benzene rings is 1. The Bertz CT molecular complexity index is 1030. The van der Waals surface area contributed by atoms with Crippen molar-refractivity contribution >= 4 is 16.7 Å². The number of fused-ring (bicyclic) bond motifs is 1. The van der Waals surface area contributed by atoms with Gasteiger partial charge in [0.25, 0.3) is 5.56 Å². The Kier molecular flexibility index (Phi) is 4.59. The maximum absolute atomic E-state index is 13.0. The molecule has 0 saturated heterocycles. The molecule has 0 amide bonds. The topological polar surface area (TPSA) is 98.8 Å². The van der Waals surface area contributed by atoms with Gasteiger partial charge in [0.15, 0.2) is 5.52 Å². The predicted molar refractivity (Wildman–Crippen MR) is 106 cm³/mol. The summed E-state index contributed by atoms with van der Waals surface area (Å²) in [4.78, 5) is 20.6. The number of nitrogen functional groups attached to an aromatic ring is 1. The molecule has 2 heterocycles. The van der Waals surface area contributed by atoms with E-state index in [-0.39, 0.29) is 11.6 Å². The molecule has 1 aromatic carbocycles. The van der Waals surface area contributed by atoms with E-state index in [0.29, 0.717) is 34.9 Å². The Labute approximate surface area is 157 Å². The van der Waals surface area contributed by atoms with Crippen LogP contribution in [-0.2, 0) is 0 Å². The van der Waals surface area contributed by atoms with Gasteiger partial charge in [-0.15, -0.1) is 0 Å². The molecule has 1 aliphatic carbocycles. The number of aromatic nitrogens is 4. The van der Waals surface area contributed by atoms with Crippen LogP contribution in [-0.4, -0.2) is 26.4 Å². The number of anilines is 1. The number of rotatable bonds is 4. The molecule has 3 aromatic rings. The van der Waals surface area contributed by atoms with E-state index in [2.05, 4.69) is 10.1 Å². The van der Waals surface area contributed by atoms with Gasteiger partial charge in [0.05, 0.1) is 23.9 Å². The van der Waals surface area contributed by atoms with E-state index < -0.39 is 0 Å². The number of hydrogen-bond acceptors (Lipinski definition) is 5. The van der Waals surface area contributed by atoms with Crippen LogP contribution < -0.4 is 16.0 Å². The highest BCUT2D eigenvalue weighted by Gasteiger charge is 2.23. The second kappa shape index (κ2) is 7.06. The van der Waals surface area contributed by atoms with Crippen molar-refractivity contribution in [3.05, 3.63) is 34.2 Å². The maximum atomic E-state index is 13.0. The van der Waals surface area contributed by atoms with Crippen LogP contribution in [0.4, 0.5) is 5.69 Å². The third-order valence-corrected chi connectivity index (χ3v) is 5.21. The summed E-state index contributed by atoms with van der Waals surface area (Å²) in [6.07, 6.45) is 5.73. The maximum Gasteiger partial charge on any atom is 0.277 e. The van der Waals surface area contributed by atoms with Gasteiger partial charge in [-0.05, 0) is 38.8 Å². The fraction of sp³-hybridized carbons (Fsp3) is 0.450. The third-order valence-electron chi connectivity index (χ3n) is 5.21. The number of aryl methyl sites for hydroxylation is 1. The van der Waals surface area contributed by atoms with E-state index in [1.165, 1.54) is 19.3 Å². The summed E-state index contributed by atoms with van der Waals surface area (Å²) in [5.41, 5.74) is 9.03. The first-order valence-corrected chi connectivity index (χ1v) is 9.60. The lowest BCUT2D eigenvalue weighted by atomic mass is 9.95. The number of H-pyrrole nitrogens is 1. The van der Waals surface area contributed by atoms with Crippen LogP contribution in [0.1, 0.15) is 50.8 Å². The van der Waals surface area contributed by atoms with Crippen LogP contribution in [0.2, 0.25) is 0 Å². The van der Waals surface area contributed by atoms with Gasteiger partial charge in [0, 0.05) is 11.8 Å². The summed E-state index contributed by atoms with van der Waals surface area (Å²) in [5, 5.41) is 4.66. The third kappa shape index (κ3) is 3.18. The summed E-state index contributed by atoms with van der Waals surface area (Å²) >= 11 is 0. The highest BCUT2D eigenvalue weighted by molar-refractivity contribution is 5.80. The highest BCUT2D eigenvalue weighted by atomic mass is 16.5. The smallest absolute Gasteiger partial charge is 0.277 e. The van der Waals surface area contributed by atoms with Gasteiger partial charge in [-0.3, -0.25) is 9.48 Å². The van der Waals surface area contributed by atoms with Gasteiger partial charge in [-0.2, -0.15) is 5.10 Å². The van der Waals surface area contributed by atoms with E-state index in [4.69, 9.17) is 15.5 Å². The first-order chi connectivity index (χ1) is 13.1. The predicted octanol–water partition coefficient (Wildman–Crippen LogP) is 3.58. The molecule has 0 bridgehead atoms. The highest BCUT2D eigenvalue weighted by Crippen LogP contribution is 2.32. The standard InChI is InChI=1S/C20H25N5O2/c1-3-27-16-11-13(21)9-10-15(16)19-22-17-12(2)24-25(18(17)20(26)23-19)14-7-5-4-6-8-14/h9-11,14H,3-8,21H2,1-2H3,(H,22,23,26). The van der Waals surface area contributed by atoms with E-state index in [1.807, 2.05) is 24.6 Å². The zero-order valence-corrected chi connectivity index (χ0v) is 15.8. The molecular weight excluding hydrogens is 342 g/mol.